The molecule has 0 atom stereocenters. The average Bonchev–Trinajstić information content (AvgIpc) is 3.09. The van der Waals surface area contributed by atoms with Crippen LogP contribution in [-0.4, -0.2) is 20.2 Å². The van der Waals surface area contributed by atoms with Crippen molar-refractivity contribution in [1.82, 2.24) is 20.2 Å². The zero-order chi connectivity index (χ0) is 12.5. The minimum Gasteiger partial charge on any atom is -0.376 e. The zero-order valence-corrected chi connectivity index (χ0v) is 10.9. The van der Waals surface area contributed by atoms with Crippen LogP contribution in [0, 0.1) is 6.92 Å². The van der Waals surface area contributed by atoms with Gasteiger partial charge >= 0.3 is 0 Å². The van der Waals surface area contributed by atoms with E-state index in [0.717, 1.165) is 22.1 Å². The van der Waals surface area contributed by atoms with Crippen molar-refractivity contribution in [3.05, 3.63) is 34.6 Å². The summed E-state index contributed by atoms with van der Waals surface area (Å²) < 4.78 is 1.90. The molecule has 0 unspecified atom stereocenters. The fraction of sp³-hybridized carbons (Fsp3) is 0.417. The Labute approximate surface area is 110 Å². The molecule has 0 saturated heterocycles. The summed E-state index contributed by atoms with van der Waals surface area (Å²) >= 11 is 6.16. The lowest BCUT2D eigenvalue weighted by Gasteiger charge is -2.10. The first-order valence-corrected chi connectivity index (χ1v) is 6.39. The summed E-state index contributed by atoms with van der Waals surface area (Å²) in [5.74, 6) is 0.858. The molecule has 3 rings (SSSR count). The fourth-order valence-electron chi connectivity index (χ4n) is 1.95. The maximum atomic E-state index is 6.16. The van der Waals surface area contributed by atoms with Gasteiger partial charge in [0.2, 0.25) is 0 Å². The first kappa shape index (κ1) is 11.5. The van der Waals surface area contributed by atoms with Crippen molar-refractivity contribution in [2.45, 2.75) is 32.4 Å². The molecule has 1 heterocycles. The summed E-state index contributed by atoms with van der Waals surface area (Å²) in [4.78, 5) is 0. The van der Waals surface area contributed by atoms with Crippen molar-refractivity contribution in [2.75, 3.05) is 5.32 Å². The van der Waals surface area contributed by atoms with Gasteiger partial charge in [0.05, 0.1) is 23.3 Å². The van der Waals surface area contributed by atoms with E-state index in [4.69, 9.17) is 11.6 Å². The first-order chi connectivity index (χ1) is 8.75. The molecule has 1 aliphatic rings. The Morgan fingerprint density at radius 2 is 2.28 bits per heavy atom. The lowest BCUT2D eigenvalue weighted by molar-refractivity contribution is 0.586. The van der Waals surface area contributed by atoms with Crippen LogP contribution in [0.25, 0.3) is 0 Å². The predicted octanol–water partition coefficient (Wildman–Crippen LogP) is 2.58. The third-order valence-corrected chi connectivity index (χ3v) is 3.41. The molecule has 1 aromatic carbocycles. The third-order valence-electron chi connectivity index (χ3n) is 3.10. The fourth-order valence-corrected chi connectivity index (χ4v) is 2.24. The van der Waals surface area contributed by atoms with Crippen molar-refractivity contribution >= 4 is 17.3 Å². The van der Waals surface area contributed by atoms with Crippen LogP contribution in [0.5, 0.6) is 0 Å². The Bertz CT molecular complexity index is 541. The number of rotatable bonds is 4. The van der Waals surface area contributed by atoms with Gasteiger partial charge < -0.3 is 5.32 Å². The monoisotopic (exact) mass is 263 g/mol. The molecule has 1 fully saturated rings. The molecule has 0 aliphatic heterocycles. The van der Waals surface area contributed by atoms with Gasteiger partial charge in [0.15, 0.2) is 5.82 Å². The molecule has 1 aliphatic carbocycles. The Morgan fingerprint density at radius 3 is 3.00 bits per heavy atom. The second-order valence-corrected chi connectivity index (χ2v) is 4.96. The molecule has 2 aromatic rings. The largest absolute Gasteiger partial charge is 0.376 e. The summed E-state index contributed by atoms with van der Waals surface area (Å²) in [6.07, 6.45) is 2.34. The van der Waals surface area contributed by atoms with Crippen LogP contribution in [0.2, 0.25) is 5.02 Å². The second kappa shape index (κ2) is 4.57. The highest BCUT2D eigenvalue weighted by Crippen LogP contribution is 2.34. The zero-order valence-electron chi connectivity index (χ0n) is 10.1. The van der Waals surface area contributed by atoms with Gasteiger partial charge in [-0.3, -0.25) is 0 Å². The van der Waals surface area contributed by atoms with Gasteiger partial charge in [0.25, 0.3) is 0 Å². The van der Waals surface area contributed by atoms with E-state index in [1.54, 1.807) is 0 Å². The van der Waals surface area contributed by atoms with Gasteiger partial charge in [-0.05, 0) is 41.8 Å². The Kier molecular flexibility index (Phi) is 2.91. The first-order valence-electron chi connectivity index (χ1n) is 6.01. The molecule has 0 amide bonds. The minimum absolute atomic E-state index is 0.490. The molecular weight excluding hydrogens is 250 g/mol. The van der Waals surface area contributed by atoms with Crippen LogP contribution in [0.1, 0.15) is 30.3 Å². The molecule has 0 radical (unpaired) electrons. The van der Waals surface area contributed by atoms with Crippen molar-refractivity contribution in [2.24, 2.45) is 0 Å². The summed E-state index contributed by atoms with van der Waals surface area (Å²) in [7, 11) is 0. The van der Waals surface area contributed by atoms with Gasteiger partial charge in [-0.2, -0.15) is 0 Å². The standard InChI is InChI=1S/C12H14ClN5/c1-8-3-2-4-10(13)12(8)14-7-11-15-16-17-18(11)9-5-6-9/h2-4,9,14H,5-7H2,1H3. The van der Waals surface area contributed by atoms with Crippen LogP contribution >= 0.6 is 11.6 Å². The van der Waals surface area contributed by atoms with Gasteiger partial charge in [0, 0.05) is 0 Å². The van der Waals surface area contributed by atoms with Crippen LogP contribution in [0.3, 0.4) is 0 Å². The van der Waals surface area contributed by atoms with Crippen LogP contribution < -0.4 is 5.32 Å². The Balaban J connectivity index is 1.76. The van der Waals surface area contributed by atoms with Gasteiger partial charge in [-0.1, -0.05) is 23.7 Å². The normalized spacial score (nSPS) is 14.8. The molecule has 5 nitrogen and oxygen atoms in total. The highest BCUT2D eigenvalue weighted by Gasteiger charge is 2.27. The van der Waals surface area contributed by atoms with E-state index in [1.807, 2.05) is 29.8 Å². The number of halogens is 1. The van der Waals surface area contributed by atoms with Gasteiger partial charge in [-0.15, -0.1) is 5.10 Å². The molecule has 18 heavy (non-hydrogen) atoms. The number of aromatic nitrogens is 4. The molecule has 1 N–H and O–H groups in total. The van der Waals surface area contributed by atoms with Crippen LogP contribution in [-0.2, 0) is 6.54 Å². The molecule has 1 aromatic heterocycles. The maximum absolute atomic E-state index is 6.16. The number of hydrogen-bond donors (Lipinski definition) is 1. The van der Waals surface area contributed by atoms with Crippen molar-refractivity contribution < 1.29 is 0 Å². The van der Waals surface area contributed by atoms with E-state index in [1.165, 1.54) is 12.8 Å². The molecule has 94 valence electrons. The molecule has 6 heteroatoms. The van der Waals surface area contributed by atoms with Gasteiger partial charge in [0.1, 0.15) is 0 Å². The maximum Gasteiger partial charge on any atom is 0.170 e. The van der Waals surface area contributed by atoms with E-state index in [0.29, 0.717) is 12.6 Å². The third kappa shape index (κ3) is 2.18. The number of tetrazole rings is 1. The quantitative estimate of drug-likeness (QED) is 0.921. The van der Waals surface area contributed by atoms with Gasteiger partial charge in [-0.25, -0.2) is 4.68 Å². The van der Waals surface area contributed by atoms with E-state index >= 15 is 0 Å². The Morgan fingerprint density at radius 1 is 1.44 bits per heavy atom. The lowest BCUT2D eigenvalue weighted by Crippen LogP contribution is -2.09. The van der Waals surface area contributed by atoms with E-state index in [-0.39, 0.29) is 0 Å². The topological polar surface area (TPSA) is 55.6 Å². The summed E-state index contributed by atoms with van der Waals surface area (Å²) in [6, 6.07) is 6.33. The lowest BCUT2D eigenvalue weighted by atomic mass is 10.2. The number of aryl methyl sites for hydroxylation is 1. The summed E-state index contributed by atoms with van der Waals surface area (Å²) in [6.45, 7) is 2.62. The van der Waals surface area contributed by atoms with Crippen LogP contribution in [0.15, 0.2) is 18.2 Å². The number of anilines is 1. The van der Waals surface area contributed by atoms with E-state index in [2.05, 4.69) is 20.8 Å². The molecule has 0 spiro atoms. The number of benzene rings is 1. The number of para-hydroxylation sites is 1. The predicted molar refractivity (Wildman–Crippen MR) is 69.6 cm³/mol. The van der Waals surface area contributed by atoms with Crippen molar-refractivity contribution in [1.29, 1.82) is 0 Å². The minimum atomic E-state index is 0.490. The summed E-state index contributed by atoms with van der Waals surface area (Å²) in [5, 5.41) is 15.8. The number of nitrogens with zero attached hydrogens (tertiary/aromatic N) is 4. The highest BCUT2D eigenvalue weighted by molar-refractivity contribution is 6.33. The van der Waals surface area contributed by atoms with E-state index in [9.17, 15) is 0 Å². The van der Waals surface area contributed by atoms with Crippen molar-refractivity contribution in [3.63, 3.8) is 0 Å². The average molecular weight is 264 g/mol. The molecular formula is C12H14ClN5. The van der Waals surface area contributed by atoms with E-state index < -0.39 is 0 Å². The summed E-state index contributed by atoms with van der Waals surface area (Å²) in [5.41, 5.74) is 2.07. The van der Waals surface area contributed by atoms with Crippen molar-refractivity contribution in [3.8, 4) is 0 Å². The number of nitrogens with one attached hydrogen (secondary N) is 1. The number of hydrogen-bond acceptors (Lipinski definition) is 4. The molecule has 0 bridgehead atoms. The SMILES string of the molecule is Cc1cccc(Cl)c1NCc1nnnn1C1CC1. The second-order valence-electron chi connectivity index (χ2n) is 4.56. The highest BCUT2D eigenvalue weighted by atomic mass is 35.5. The molecule has 1 saturated carbocycles. The smallest absolute Gasteiger partial charge is 0.170 e. The van der Waals surface area contributed by atoms with Crippen LogP contribution in [0.4, 0.5) is 5.69 Å². The Hall–Kier alpha value is -1.62.